The predicted octanol–water partition coefficient (Wildman–Crippen LogP) is 2.26. The Kier molecular flexibility index (Phi) is 4.36. The molecule has 1 aliphatic rings. The molecule has 1 aromatic carbocycles. The van der Waals surface area contributed by atoms with Crippen LogP contribution in [0, 0.1) is 0 Å². The average Bonchev–Trinajstić information content (AvgIpc) is 3.18. The van der Waals surface area contributed by atoms with Crippen molar-refractivity contribution >= 4 is 21.6 Å². The fourth-order valence-corrected chi connectivity index (χ4v) is 5.07. The number of para-hydroxylation sites is 1. The van der Waals surface area contributed by atoms with Crippen LogP contribution in [-0.4, -0.2) is 24.9 Å². The Morgan fingerprint density at radius 3 is 2.38 bits per heavy atom. The molecule has 1 fully saturated rings. The first kappa shape index (κ1) is 16.6. The van der Waals surface area contributed by atoms with Gasteiger partial charge in [-0.25, -0.2) is 8.42 Å². The molecule has 3 rings (SSSR count). The van der Waals surface area contributed by atoms with Crippen molar-refractivity contribution < 1.29 is 13.2 Å². The summed E-state index contributed by atoms with van der Waals surface area (Å²) in [6.45, 7) is 0. The van der Waals surface area contributed by atoms with Crippen molar-refractivity contribution in [3.05, 3.63) is 48.3 Å². The fourth-order valence-electron chi connectivity index (χ4n) is 3.29. The number of hydrogen-bond donors (Lipinski definition) is 1. The van der Waals surface area contributed by atoms with Gasteiger partial charge in [0.25, 0.3) is 15.9 Å². The third kappa shape index (κ3) is 2.91. The van der Waals surface area contributed by atoms with Crippen LogP contribution in [0.5, 0.6) is 0 Å². The molecule has 0 unspecified atom stereocenters. The van der Waals surface area contributed by atoms with Crippen LogP contribution in [0.15, 0.2) is 47.5 Å². The molecule has 7 heteroatoms. The summed E-state index contributed by atoms with van der Waals surface area (Å²) < 4.78 is 29.5. The van der Waals surface area contributed by atoms with E-state index in [1.54, 1.807) is 19.2 Å². The van der Waals surface area contributed by atoms with Crippen LogP contribution in [0.2, 0.25) is 0 Å². The van der Waals surface area contributed by atoms with E-state index >= 15 is 0 Å². The Morgan fingerprint density at radius 2 is 1.83 bits per heavy atom. The molecule has 0 bridgehead atoms. The summed E-state index contributed by atoms with van der Waals surface area (Å²) in [5.74, 6) is -0.647. The normalized spacial score (nSPS) is 15.5. The van der Waals surface area contributed by atoms with Crippen molar-refractivity contribution in [3.63, 3.8) is 0 Å². The number of amides is 1. The van der Waals surface area contributed by atoms with E-state index in [1.165, 1.54) is 21.1 Å². The lowest BCUT2D eigenvalue weighted by Gasteiger charge is -2.29. The maximum Gasteiger partial charge on any atom is 0.266 e. The van der Waals surface area contributed by atoms with Crippen molar-refractivity contribution in [2.45, 2.75) is 36.6 Å². The molecule has 0 aliphatic heterocycles. The number of rotatable bonds is 5. The highest BCUT2D eigenvalue weighted by Crippen LogP contribution is 2.33. The number of carbonyl (C=O) groups excluding carboxylic acids is 1. The smallest absolute Gasteiger partial charge is 0.266 e. The molecule has 1 aliphatic carbocycles. The third-order valence-electron chi connectivity index (χ3n) is 4.46. The molecular formula is C17H21N3O3S. The number of aryl methyl sites for hydroxylation is 1. The van der Waals surface area contributed by atoms with Gasteiger partial charge in [-0.2, -0.15) is 0 Å². The Hall–Kier alpha value is -2.28. The fraction of sp³-hybridized carbons (Fsp3) is 0.353. The van der Waals surface area contributed by atoms with Crippen LogP contribution < -0.4 is 10.0 Å². The number of nitrogens with zero attached hydrogens (tertiary/aromatic N) is 2. The molecule has 6 nitrogen and oxygen atoms in total. The van der Waals surface area contributed by atoms with Gasteiger partial charge in [0.05, 0.1) is 5.69 Å². The van der Waals surface area contributed by atoms with Crippen LogP contribution in [0.3, 0.4) is 0 Å². The molecular weight excluding hydrogens is 326 g/mol. The molecule has 0 atom stereocenters. The number of carbonyl (C=O) groups is 1. The highest BCUT2D eigenvalue weighted by Gasteiger charge is 2.34. The van der Waals surface area contributed by atoms with E-state index in [4.69, 9.17) is 5.73 Å². The van der Waals surface area contributed by atoms with E-state index < -0.39 is 15.9 Å². The second-order valence-corrected chi connectivity index (χ2v) is 7.93. The first-order valence-electron chi connectivity index (χ1n) is 7.97. The van der Waals surface area contributed by atoms with E-state index in [0.717, 1.165) is 25.7 Å². The van der Waals surface area contributed by atoms with Crippen LogP contribution >= 0.6 is 0 Å². The maximum atomic E-state index is 13.3. The SMILES string of the molecule is Cn1cc(S(=O)(=O)N(c2ccccc2)C2CCCC2)cc1C(N)=O. The van der Waals surface area contributed by atoms with E-state index in [9.17, 15) is 13.2 Å². The largest absolute Gasteiger partial charge is 0.364 e. The summed E-state index contributed by atoms with van der Waals surface area (Å²) in [4.78, 5) is 11.5. The van der Waals surface area contributed by atoms with E-state index in [-0.39, 0.29) is 16.6 Å². The summed E-state index contributed by atoms with van der Waals surface area (Å²) >= 11 is 0. The van der Waals surface area contributed by atoms with Gasteiger partial charge < -0.3 is 10.3 Å². The van der Waals surface area contributed by atoms with Gasteiger partial charge in [0.2, 0.25) is 0 Å². The Morgan fingerprint density at radius 1 is 1.21 bits per heavy atom. The van der Waals surface area contributed by atoms with Crippen molar-refractivity contribution in [3.8, 4) is 0 Å². The number of primary amides is 1. The quantitative estimate of drug-likeness (QED) is 0.900. The first-order valence-corrected chi connectivity index (χ1v) is 9.41. The summed E-state index contributed by atoms with van der Waals surface area (Å²) in [6, 6.07) is 10.4. The zero-order valence-electron chi connectivity index (χ0n) is 13.6. The minimum Gasteiger partial charge on any atom is -0.364 e. The third-order valence-corrected chi connectivity index (χ3v) is 6.30. The topological polar surface area (TPSA) is 85.4 Å². The molecule has 1 heterocycles. The Labute approximate surface area is 141 Å². The Balaban J connectivity index is 2.09. The summed E-state index contributed by atoms with van der Waals surface area (Å²) in [5, 5.41) is 0. The van der Waals surface area contributed by atoms with Crippen molar-refractivity contribution in [1.82, 2.24) is 4.57 Å². The highest BCUT2D eigenvalue weighted by molar-refractivity contribution is 7.92. The van der Waals surface area contributed by atoms with Gasteiger partial charge in [0.15, 0.2) is 0 Å². The number of sulfonamides is 1. The van der Waals surface area contributed by atoms with E-state index in [1.807, 2.05) is 18.2 Å². The van der Waals surface area contributed by atoms with Gasteiger partial charge in [0, 0.05) is 19.3 Å². The lowest BCUT2D eigenvalue weighted by Crippen LogP contribution is -2.38. The lowest BCUT2D eigenvalue weighted by molar-refractivity contribution is 0.0992. The minimum absolute atomic E-state index is 0.0605. The van der Waals surface area contributed by atoms with Crippen molar-refractivity contribution in [2.24, 2.45) is 12.8 Å². The van der Waals surface area contributed by atoms with E-state index in [0.29, 0.717) is 5.69 Å². The van der Waals surface area contributed by atoms with Gasteiger partial charge in [-0.1, -0.05) is 31.0 Å². The summed E-state index contributed by atoms with van der Waals surface area (Å²) in [7, 11) is -2.16. The maximum absolute atomic E-state index is 13.3. The second-order valence-electron chi connectivity index (χ2n) is 6.11. The monoisotopic (exact) mass is 347 g/mol. The standard InChI is InChI=1S/C17H21N3O3S/c1-19-12-15(11-16(19)17(18)21)24(22,23)20(14-9-5-6-10-14)13-7-3-2-4-8-13/h2-4,7-8,11-12,14H,5-6,9-10H2,1H3,(H2,18,21). The number of nitrogens with two attached hydrogens (primary N) is 1. The number of benzene rings is 1. The summed E-state index contributed by atoms with van der Waals surface area (Å²) in [6.07, 6.45) is 5.16. The summed E-state index contributed by atoms with van der Waals surface area (Å²) in [5.41, 5.74) is 6.13. The number of aromatic nitrogens is 1. The first-order chi connectivity index (χ1) is 11.4. The van der Waals surface area contributed by atoms with Gasteiger partial charge in [-0.3, -0.25) is 9.10 Å². The highest BCUT2D eigenvalue weighted by atomic mass is 32.2. The Bertz CT molecular complexity index is 837. The molecule has 0 saturated heterocycles. The molecule has 24 heavy (non-hydrogen) atoms. The zero-order valence-corrected chi connectivity index (χ0v) is 14.4. The van der Waals surface area contributed by atoms with Gasteiger partial charge in [-0.15, -0.1) is 0 Å². The second kappa shape index (κ2) is 6.32. The van der Waals surface area contributed by atoms with Crippen LogP contribution in [0.4, 0.5) is 5.69 Å². The van der Waals surface area contributed by atoms with Crippen LogP contribution in [0.25, 0.3) is 0 Å². The number of anilines is 1. The molecule has 128 valence electrons. The van der Waals surface area contributed by atoms with Crippen LogP contribution in [0.1, 0.15) is 36.2 Å². The molecule has 1 aromatic heterocycles. The molecule has 1 amide bonds. The molecule has 2 aromatic rings. The number of hydrogen-bond acceptors (Lipinski definition) is 3. The van der Waals surface area contributed by atoms with E-state index in [2.05, 4.69) is 0 Å². The molecule has 1 saturated carbocycles. The lowest BCUT2D eigenvalue weighted by atomic mass is 10.2. The molecule has 0 spiro atoms. The zero-order chi connectivity index (χ0) is 17.3. The minimum atomic E-state index is -3.77. The molecule has 2 N–H and O–H groups in total. The average molecular weight is 347 g/mol. The van der Waals surface area contributed by atoms with Crippen LogP contribution in [-0.2, 0) is 17.1 Å². The predicted molar refractivity (Wildman–Crippen MR) is 92.3 cm³/mol. The van der Waals surface area contributed by atoms with Gasteiger partial charge in [0.1, 0.15) is 10.6 Å². The van der Waals surface area contributed by atoms with Gasteiger partial charge in [-0.05, 0) is 31.0 Å². The van der Waals surface area contributed by atoms with Crippen molar-refractivity contribution in [2.75, 3.05) is 4.31 Å². The van der Waals surface area contributed by atoms with Crippen molar-refractivity contribution in [1.29, 1.82) is 0 Å². The molecule has 0 radical (unpaired) electrons. The van der Waals surface area contributed by atoms with Gasteiger partial charge >= 0.3 is 0 Å².